The lowest BCUT2D eigenvalue weighted by Crippen LogP contribution is -2.34. The van der Waals surface area contributed by atoms with E-state index in [2.05, 4.69) is 22.4 Å². The van der Waals surface area contributed by atoms with E-state index >= 15 is 0 Å². The lowest BCUT2D eigenvalue weighted by Gasteiger charge is -2.26. The maximum Gasteiger partial charge on any atom is 0.355 e. The van der Waals surface area contributed by atoms with Crippen LogP contribution in [0.5, 0.6) is 0 Å². The topological polar surface area (TPSA) is 71.2 Å². The van der Waals surface area contributed by atoms with Crippen LogP contribution >= 0.6 is 0 Å². The second-order valence-corrected chi connectivity index (χ2v) is 6.56. The van der Waals surface area contributed by atoms with Crippen LogP contribution in [0.1, 0.15) is 40.5 Å². The van der Waals surface area contributed by atoms with Crippen LogP contribution in [0.2, 0.25) is 0 Å². The van der Waals surface area contributed by atoms with Crippen LogP contribution in [0.15, 0.2) is 54.6 Å². The van der Waals surface area contributed by atoms with Gasteiger partial charge in [-0.2, -0.15) is 0 Å². The minimum absolute atomic E-state index is 0.0146. The quantitative estimate of drug-likeness (QED) is 0.709. The number of hydrogen-bond donors (Lipinski definition) is 2. The summed E-state index contributed by atoms with van der Waals surface area (Å²) in [6.45, 7) is -0.285. The van der Waals surface area contributed by atoms with Gasteiger partial charge in [0.25, 0.3) is 5.91 Å². The largest absolute Gasteiger partial charge is 0.451 e. The molecule has 1 atom stereocenters. The van der Waals surface area contributed by atoms with Gasteiger partial charge in [-0.1, -0.05) is 42.5 Å². The lowest BCUT2D eigenvalue weighted by molar-refractivity contribution is -0.125. The van der Waals surface area contributed by atoms with Gasteiger partial charge in [0.15, 0.2) is 6.61 Å². The van der Waals surface area contributed by atoms with Gasteiger partial charge < -0.3 is 15.0 Å². The van der Waals surface area contributed by atoms with Crippen LogP contribution < -0.4 is 5.32 Å². The van der Waals surface area contributed by atoms with Crippen molar-refractivity contribution in [1.29, 1.82) is 0 Å². The molecule has 0 fully saturated rings. The molecule has 0 unspecified atom stereocenters. The number of rotatable bonds is 4. The fraction of sp³-hybridized carbons (Fsp3) is 0.238. The molecule has 0 saturated heterocycles. The van der Waals surface area contributed by atoms with Crippen molar-refractivity contribution in [3.05, 3.63) is 71.4 Å². The SMILES string of the molecule is O=C(COC(=O)c1cc2ccccc2[nH]1)N[C@@H]1CCCc2ccccc21. The fourth-order valence-corrected chi connectivity index (χ4v) is 3.53. The van der Waals surface area contributed by atoms with Crippen molar-refractivity contribution in [3.63, 3.8) is 0 Å². The maximum atomic E-state index is 12.2. The first kappa shape index (κ1) is 16.4. The van der Waals surface area contributed by atoms with E-state index in [9.17, 15) is 9.59 Å². The van der Waals surface area contributed by atoms with Crippen LogP contribution in [0.3, 0.4) is 0 Å². The molecule has 5 nitrogen and oxygen atoms in total. The number of aromatic amines is 1. The van der Waals surface area contributed by atoms with Crippen LogP contribution in [-0.4, -0.2) is 23.5 Å². The second-order valence-electron chi connectivity index (χ2n) is 6.56. The monoisotopic (exact) mass is 348 g/mol. The highest BCUT2D eigenvalue weighted by Crippen LogP contribution is 2.29. The molecule has 2 N–H and O–H groups in total. The predicted molar refractivity (Wildman–Crippen MR) is 98.8 cm³/mol. The number of para-hydroxylation sites is 1. The molecule has 0 spiro atoms. The van der Waals surface area contributed by atoms with Crippen molar-refractivity contribution in [3.8, 4) is 0 Å². The Morgan fingerprint density at radius 2 is 1.92 bits per heavy atom. The van der Waals surface area contributed by atoms with Crippen LogP contribution in [0, 0.1) is 0 Å². The van der Waals surface area contributed by atoms with Crippen LogP contribution in [0.4, 0.5) is 0 Å². The number of carbonyl (C=O) groups excluding carboxylic acids is 2. The first-order valence-electron chi connectivity index (χ1n) is 8.83. The first-order chi connectivity index (χ1) is 12.7. The number of H-pyrrole nitrogens is 1. The van der Waals surface area contributed by atoms with E-state index < -0.39 is 5.97 Å². The summed E-state index contributed by atoms with van der Waals surface area (Å²) in [6, 6.07) is 17.5. The Hall–Kier alpha value is -3.08. The van der Waals surface area contributed by atoms with Crippen molar-refractivity contribution in [2.75, 3.05) is 6.61 Å². The summed E-state index contributed by atoms with van der Waals surface area (Å²) in [6.07, 6.45) is 2.98. The summed E-state index contributed by atoms with van der Waals surface area (Å²) in [7, 11) is 0. The summed E-state index contributed by atoms with van der Waals surface area (Å²) in [4.78, 5) is 27.4. The molecule has 26 heavy (non-hydrogen) atoms. The van der Waals surface area contributed by atoms with E-state index in [-0.39, 0.29) is 18.6 Å². The molecule has 1 aromatic heterocycles. The molecule has 2 aromatic carbocycles. The molecule has 1 aliphatic rings. The van der Waals surface area contributed by atoms with Gasteiger partial charge in [-0.15, -0.1) is 0 Å². The van der Waals surface area contributed by atoms with Gasteiger partial charge in [0.05, 0.1) is 6.04 Å². The van der Waals surface area contributed by atoms with Crippen LogP contribution in [-0.2, 0) is 16.0 Å². The molecule has 0 aliphatic heterocycles. The third-order valence-electron chi connectivity index (χ3n) is 4.79. The highest BCUT2D eigenvalue weighted by molar-refractivity contribution is 5.95. The highest BCUT2D eigenvalue weighted by Gasteiger charge is 2.22. The van der Waals surface area contributed by atoms with Gasteiger partial charge in [0, 0.05) is 10.9 Å². The minimum Gasteiger partial charge on any atom is -0.451 e. The maximum absolute atomic E-state index is 12.2. The third-order valence-corrected chi connectivity index (χ3v) is 4.79. The molecular weight excluding hydrogens is 328 g/mol. The zero-order valence-electron chi connectivity index (χ0n) is 14.3. The zero-order chi connectivity index (χ0) is 17.9. The third kappa shape index (κ3) is 3.33. The molecule has 1 heterocycles. The van der Waals surface area contributed by atoms with Gasteiger partial charge in [0.1, 0.15) is 5.69 Å². The van der Waals surface area contributed by atoms with E-state index in [1.54, 1.807) is 6.07 Å². The van der Waals surface area contributed by atoms with Gasteiger partial charge in [0.2, 0.25) is 0 Å². The minimum atomic E-state index is -0.527. The molecule has 0 saturated carbocycles. The average Bonchev–Trinajstić information content (AvgIpc) is 3.11. The molecular formula is C21H20N2O3. The standard InChI is InChI=1S/C21H20N2O3/c24-20(23-18-11-5-8-14-6-1-3-9-16(14)18)13-26-21(25)19-12-15-7-2-4-10-17(15)22-19/h1-4,6-7,9-10,12,18,22H,5,8,11,13H2,(H,23,24)/t18-/m1/s1. The van der Waals surface area contributed by atoms with Crippen LogP contribution in [0.25, 0.3) is 10.9 Å². The van der Waals surface area contributed by atoms with E-state index in [4.69, 9.17) is 4.74 Å². The fourth-order valence-electron chi connectivity index (χ4n) is 3.53. The Labute approximate surface area is 151 Å². The highest BCUT2D eigenvalue weighted by atomic mass is 16.5. The number of amides is 1. The lowest BCUT2D eigenvalue weighted by atomic mass is 9.88. The Morgan fingerprint density at radius 1 is 1.12 bits per heavy atom. The number of esters is 1. The Balaban J connectivity index is 1.36. The molecule has 3 aromatic rings. The molecule has 1 aliphatic carbocycles. The number of aromatic nitrogens is 1. The van der Waals surface area contributed by atoms with Gasteiger partial charge in [-0.05, 0) is 42.5 Å². The number of ether oxygens (including phenoxy) is 1. The van der Waals surface area contributed by atoms with Crippen molar-refractivity contribution in [2.24, 2.45) is 0 Å². The van der Waals surface area contributed by atoms with Gasteiger partial charge in [-0.3, -0.25) is 4.79 Å². The summed E-state index contributed by atoms with van der Waals surface area (Å²) in [5.41, 5.74) is 3.65. The second kappa shape index (κ2) is 7.04. The Kier molecular flexibility index (Phi) is 4.44. The van der Waals surface area contributed by atoms with Crippen molar-refractivity contribution >= 4 is 22.8 Å². The summed E-state index contributed by atoms with van der Waals surface area (Å²) < 4.78 is 5.17. The summed E-state index contributed by atoms with van der Waals surface area (Å²) >= 11 is 0. The molecule has 4 rings (SSSR count). The van der Waals surface area contributed by atoms with E-state index in [1.165, 1.54) is 5.56 Å². The number of carbonyl (C=O) groups is 2. The van der Waals surface area contributed by atoms with E-state index in [1.807, 2.05) is 36.4 Å². The molecule has 1 amide bonds. The number of benzene rings is 2. The number of fused-ring (bicyclic) bond motifs is 2. The Bertz CT molecular complexity index is 928. The normalized spacial score (nSPS) is 16.1. The van der Waals surface area contributed by atoms with Crippen molar-refractivity contribution < 1.29 is 14.3 Å². The predicted octanol–water partition coefficient (Wildman–Crippen LogP) is 3.52. The molecule has 0 radical (unpaired) electrons. The summed E-state index contributed by atoms with van der Waals surface area (Å²) in [5.74, 6) is -0.809. The Morgan fingerprint density at radius 3 is 2.81 bits per heavy atom. The zero-order valence-corrected chi connectivity index (χ0v) is 14.3. The van der Waals surface area contributed by atoms with E-state index in [0.29, 0.717) is 5.69 Å². The number of nitrogens with one attached hydrogen (secondary N) is 2. The number of hydrogen-bond acceptors (Lipinski definition) is 3. The number of aryl methyl sites for hydroxylation is 1. The first-order valence-corrected chi connectivity index (χ1v) is 8.83. The van der Waals surface area contributed by atoms with E-state index in [0.717, 1.165) is 35.7 Å². The van der Waals surface area contributed by atoms with Gasteiger partial charge in [-0.25, -0.2) is 4.79 Å². The molecule has 132 valence electrons. The van der Waals surface area contributed by atoms with Crippen molar-refractivity contribution in [2.45, 2.75) is 25.3 Å². The van der Waals surface area contributed by atoms with Gasteiger partial charge >= 0.3 is 5.97 Å². The summed E-state index contributed by atoms with van der Waals surface area (Å²) in [5, 5.41) is 3.92. The van der Waals surface area contributed by atoms with Crippen molar-refractivity contribution in [1.82, 2.24) is 10.3 Å². The smallest absolute Gasteiger partial charge is 0.355 e. The average molecular weight is 348 g/mol. The molecule has 5 heteroatoms. The molecule has 0 bridgehead atoms.